The van der Waals surface area contributed by atoms with Crippen molar-refractivity contribution in [2.75, 3.05) is 0 Å². The van der Waals surface area contributed by atoms with Crippen LogP contribution in [0.1, 0.15) is 32.6 Å². The number of hydrogen-bond acceptors (Lipinski definition) is 1. The summed E-state index contributed by atoms with van der Waals surface area (Å²) in [4.78, 5) is 9.87. The Balaban J connectivity index is 0. The van der Waals surface area contributed by atoms with E-state index in [9.17, 15) is 4.79 Å². The van der Waals surface area contributed by atoms with Crippen LogP contribution in [0.5, 0.6) is 0 Å². The summed E-state index contributed by atoms with van der Waals surface area (Å²) in [5, 5.41) is 8.14. The predicted molar refractivity (Wildman–Crippen MR) is 37.5 cm³/mol. The minimum atomic E-state index is -0.682. The molecule has 0 spiro atoms. The van der Waals surface area contributed by atoms with Crippen molar-refractivity contribution in [2.45, 2.75) is 32.6 Å². The molecular weight excluding hydrogens is 143 g/mol. The largest absolute Gasteiger partial charge is 0.481 e. The second-order valence-electron chi connectivity index (χ2n) is 1.85. The normalized spacial score (nSPS) is 8.11. The number of hydrogen-bond donors (Lipinski definition) is 1. The monoisotopic (exact) mass is 155 g/mol. The molecule has 0 aromatic heterocycles. The van der Waals surface area contributed by atoms with Crippen molar-refractivity contribution in [3.8, 4) is 0 Å². The van der Waals surface area contributed by atoms with Crippen LogP contribution in [0.2, 0.25) is 0 Å². The Morgan fingerprint density at radius 3 is 2.33 bits per heavy atom. The van der Waals surface area contributed by atoms with Crippen molar-refractivity contribution in [1.82, 2.24) is 0 Å². The van der Waals surface area contributed by atoms with Gasteiger partial charge < -0.3 is 5.11 Å². The van der Waals surface area contributed by atoms with E-state index in [4.69, 9.17) is 5.11 Å². The van der Waals surface area contributed by atoms with E-state index in [1.165, 1.54) is 0 Å². The molecule has 0 aliphatic rings. The molecule has 0 aromatic rings. The molecule has 0 amide bonds. The standard InChI is InChI=1S/C6H12O2.K/c1-2-3-4-5-6(7)8;/h2-5H2,1H3,(H,7,8);. The van der Waals surface area contributed by atoms with Gasteiger partial charge in [0.2, 0.25) is 0 Å². The maximum Gasteiger partial charge on any atom is 0.303 e. The second kappa shape index (κ2) is 9.11. The van der Waals surface area contributed by atoms with Crippen LogP contribution in [0, 0.1) is 0 Å². The molecule has 3 heteroatoms. The summed E-state index contributed by atoms with van der Waals surface area (Å²) in [5.74, 6) is -0.682. The Morgan fingerprint density at radius 2 is 2.00 bits per heavy atom. The Labute approximate surface area is 98.4 Å². The van der Waals surface area contributed by atoms with Crippen molar-refractivity contribution in [3.63, 3.8) is 0 Å². The number of carboxylic acids is 1. The van der Waals surface area contributed by atoms with Crippen molar-refractivity contribution < 1.29 is 9.90 Å². The molecule has 0 heterocycles. The minimum absolute atomic E-state index is 0. The first-order chi connectivity index (χ1) is 3.77. The predicted octanol–water partition coefficient (Wildman–Crippen LogP) is 1.27. The molecule has 0 saturated carbocycles. The van der Waals surface area contributed by atoms with Gasteiger partial charge in [0.05, 0.1) is 0 Å². The van der Waals surface area contributed by atoms with Gasteiger partial charge in [0.1, 0.15) is 0 Å². The quantitative estimate of drug-likeness (QED) is 0.490. The van der Waals surface area contributed by atoms with Gasteiger partial charge in [-0.15, -0.1) is 0 Å². The number of carboxylic acid groups (broad SMARTS) is 1. The van der Waals surface area contributed by atoms with Crippen LogP contribution in [0.4, 0.5) is 0 Å². The third-order valence-electron chi connectivity index (χ3n) is 0.994. The summed E-state index contributed by atoms with van der Waals surface area (Å²) in [6, 6.07) is 0. The number of carbonyl (C=O) groups is 1. The topological polar surface area (TPSA) is 37.3 Å². The van der Waals surface area contributed by atoms with Crippen LogP contribution in [0.15, 0.2) is 0 Å². The van der Waals surface area contributed by atoms with Crippen LogP contribution < -0.4 is 0 Å². The summed E-state index contributed by atoms with van der Waals surface area (Å²) < 4.78 is 0. The van der Waals surface area contributed by atoms with Gasteiger partial charge in [0.25, 0.3) is 0 Å². The minimum Gasteiger partial charge on any atom is -0.481 e. The molecule has 0 saturated heterocycles. The van der Waals surface area contributed by atoms with E-state index < -0.39 is 5.97 Å². The smallest absolute Gasteiger partial charge is 0.303 e. The second-order valence-corrected chi connectivity index (χ2v) is 1.85. The first-order valence-corrected chi connectivity index (χ1v) is 2.99. The maximum absolute atomic E-state index is 9.87. The molecule has 0 bridgehead atoms. The fraction of sp³-hybridized carbons (Fsp3) is 0.833. The fourth-order valence-electron chi connectivity index (χ4n) is 0.526. The molecule has 9 heavy (non-hydrogen) atoms. The summed E-state index contributed by atoms with van der Waals surface area (Å²) in [6.07, 6.45) is 3.28. The summed E-state index contributed by atoms with van der Waals surface area (Å²) >= 11 is 0. The number of rotatable bonds is 4. The van der Waals surface area contributed by atoms with Gasteiger partial charge in [-0.3, -0.25) is 4.79 Å². The molecule has 0 aliphatic heterocycles. The zero-order valence-electron chi connectivity index (χ0n) is 6.18. The Morgan fingerprint density at radius 1 is 1.44 bits per heavy atom. The molecule has 0 atom stereocenters. The fourth-order valence-corrected chi connectivity index (χ4v) is 0.526. The van der Waals surface area contributed by atoms with E-state index in [1.54, 1.807) is 0 Å². The first-order valence-electron chi connectivity index (χ1n) is 2.99. The molecule has 49 valence electrons. The average Bonchev–Trinajstić information content (AvgIpc) is 1.66. The van der Waals surface area contributed by atoms with Gasteiger partial charge in [-0.2, -0.15) is 0 Å². The number of unbranched alkanes of at least 4 members (excludes halogenated alkanes) is 2. The molecule has 0 rings (SSSR count). The Kier molecular flexibility index (Phi) is 12.9. The van der Waals surface area contributed by atoms with Crippen LogP contribution in [0.25, 0.3) is 0 Å². The molecule has 0 aliphatic carbocycles. The molecule has 0 fully saturated rings. The van der Waals surface area contributed by atoms with Gasteiger partial charge in [-0.1, -0.05) is 19.8 Å². The maximum atomic E-state index is 9.87. The van der Waals surface area contributed by atoms with Crippen molar-refractivity contribution in [3.05, 3.63) is 0 Å². The summed E-state index contributed by atoms with van der Waals surface area (Å²) in [7, 11) is 0. The van der Waals surface area contributed by atoms with Gasteiger partial charge in [-0.05, 0) is 6.42 Å². The van der Waals surface area contributed by atoms with E-state index >= 15 is 0 Å². The van der Waals surface area contributed by atoms with Crippen LogP contribution in [-0.4, -0.2) is 62.5 Å². The molecule has 1 N–H and O–H groups in total. The summed E-state index contributed by atoms with van der Waals surface area (Å²) in [6.45, 7) is 2.06. The van der Waals surface area contributed by atoms with Crippen molar-refractivity contribution in [2.24, 2.45) is 0 Å². The van der Waals surface area contributed by atoms with E-state index in [-0.39, 0.29) is 51.4 Å². The van der Waals surface area contributed by atoms with Crippen molar-refractivity contribution in [1.29, 1.82) is 0 Å². The van der Waals surface area contributed by atoms with Gasteiger partial charge in [-0.25, -0.2) is 0 Å². The number of aliphatic carboxylic acids is 1. The molecule has 2 nitrogen and oxygen atoms in total. The zero-order chi connectivity index (χ0) is 6.41. The van der Waals surface area contributed by atoms with Crippen LogP contribution >= 0.6 is 0 Å². The van der Waals surface area contributed by atoms with Gasteiger partial charge >= 0.3 is 5.97 Å². The molecule has 1 radical (unpaired) electrons. The SMILES string of the molecule is CCCCCC(=O)O.[K]. The Bertz CT molecular complexity index is 73.5. The molecule has 0 aromatic carbocycles. The van der Waals surface area contributed by atoms with Gasteiger partial charge in [0.15, 0.2) is 0 Å². The van der Waals surface area contributed by atoms with E-state index in [1.807, 2.05) is 0 Å². The van der Waals surface area contributed by atoms with Crippen LogP contribution in [-0.2, 0) is 4.79 Å². The molecule has 0 unspecified atom stereocenters. The zero-order valence-corrected chi connectivity index (χ0v) is 9.31. The van der Waals surface area contributed by atoms with E-state index in [0.29, 0.717) is 6.42 Å². The first kappa shape index (κ1) is 12.8. The third kappa shape index (κ3) is 12.3. The van der Waals surface area contributed by atoms with E-state index in [0.717, 1.165) is 19.3 Å². The van der Waals surface area contributed by atoms with Crippen LogP contribution in [0.3, 0.4) is 0 Å². The third-order valence-corrected chi connectivity index (χ3v) is 0.994. The van der Waals surface area contributed by atoms with Gasteiger partial charge in [0, 0.05) is 57.8 Å². The molecular formula is C6H12KO2. The average molecular weight is 155 g/mol. The van der Waals surface area contributed by atoms with E-state index in [2.05, 4.69) is 6.92 Å². The van der Waals surface area contributed by atoms with Crippen molar-refractivity contribution >= 4 is 57.4 Å². The Hall–Kier alpha value is 1.11. The summed E-state index contributed by atoms with van der Waals surface area (Å²) in [5.41, 5.74) is 0.